The molecule has 124 valence electrons. The van der Waals surface area contributed by atoms with Crippen molar-refractivity contribution < 1.29 is 8.78 Å². The molecule has 3 nitrogen and oxygen atoms in total. The van der Waals surface area contributed by atoms with Crippen LogP contribution in [0.3, 0.4) is 0 Å². The summed E-state index contributed by atoms with van der Waals surface area (Å²) in [6.45, 7) is 13.6. The van der Waals surface area contributed by atoms with Crippen LogP contribution in [0.2, 0.25) is 0 Å². The fourth-order valence-electron chi connectivity index (χ4n) is 2.89. The maximum Gasteiger partial charge on any atom is 0.159 e. The standard InChI is InChI=1S/C17H27F2N3/c1-3-20(4-2)7-8-21-9-11-22(12-10-21)14-15-5-6-16(18)17(19)13-15/h5-6,13H,3-4,7-12,14H2,1-2H3. The molecule has 22 heavy (non-hydrogen) atoms. The Kier molecular flexibility index (Phi) is 6.73. The zero-order chi connectivity index (χ0) is 15.9. The van der Waals surface area contributed by atoms with E-state index in [2.05, 4.69) is 28.5 Å². The molecular weight excluding hydrogens is 284 g/mol. The molecule has 0 spiro atoms. The molecule has 1 saturated heterocycles. The number of rotatable bonds is 7. The largest absolute Gasteiger partial charge is 0.303 e. The van der Waals surface area contributed by atoms with E-state index in [-0.39, 0.29) is 0 Å². The summed E-state index contributed by atoms with van der Waals surface area (Å²) in [4.78, 5) is 7.23. The summed E-state index contributed by atoms with van der Waals surface area (Å²) >= 11 is 0. The van der Waals surface area contributed by atoms with Gasteiger partial charge in [-0.15, -0.1) is 0 Å². The van der Waals surface area contributed by atoms with Gasteiger partial charge in [-0.1, -0.05) is 19.9 Å². The Morgan fingerprint density at radius 1 is 0.955 bits per heavy atom. The molecule has 0 unspecified atom stereocenters. The average molecular weight is 311 g/mol. The number of halogens is 2. The van der Waals surface area contributed by atoms with E-state index in [4.69, 9.17) is 0 Å². The first-order chi connectivity index (χ1) is 10.6. The van der Waals surface area contributed by atoms with Crippen LogP contribution in [-0.4, -0.2) is 67.1 Å². The molecule has 0 radical (unpaired) electrons. The molecule has 1 aliphatic heterocycles. The SMILES string of the molecule is CCN(CC)CCN1CCN(Cc2ccc(F)c(F)c2)CC1. The van der Waals surface area contributed by atoms with Gasteiger partial charge >= 0.3 is 0 Å². The van der Waals surface area contributed by atoms with Crippen molar-refractivity contribution >= 4 is 0 Å². The van der Waals surface area contributed by atoms with Crippen LogP contribution in [0.1, 0.15) is 19.4 Å². The lowest BCUT2D eigenvalue weighted by Gasteiger charge is -2.35. The Labute approximate surface area is 132 Å². The lowest BCUT2D eigenvalue weighted by molar-refractivity contribution is 0.115. The quantitative estimate of drug-likeness (QED) is 0.766. The van der Waals surface area contributed by atoms with Crippen molar-refractivity contribution in [3.05, 3.63) is 35.4 Å². The molecule has 1 heterocycles. The molecule has 1 aliphatic rings. The van der Waals surface area contributed by atoms with Gasteiger partial charge in [0.05, 0.1) is 0 Å². The fourth-order valence-corrected chi connectivity index (χ4v) is 2.89. The number of hydrogen-bond acceptors (Lipinski definition) is 3. The predicted molar refractivity (Wildman–Crippen MR) is 85.9 cm³/mol. The van der Waals surface area contributed by atoms with Crippen LogP contribution in [-0.2, 0) is 6.54 Å². The predicted octanol–water partition coefficient (Wildman–Crippen LogP) is 2.42. The number of nitrogens with zero attached hydrogens (tertiary/aromatic N) is 3. The van der Waals surface area contributed by atoms with Crippen LogP contribution in [0.5, 0.6) is 0 Å². The monoisotopic (exact) mass is 311 g/mol. The summed E-state index contributed by atoms with van der Waals surface area (Å²) in [5.74, 6) is -1.53. The number of benzene rings is 1. The third-order valence-corrected chi connectivity index (χ3v) is 4.48. The zero-order valence-electron chi connectivity index (χ0n) is 13.7. The Morgan fingerprint density at radius 2 is 1.59 bits per heavy atom. The third kappa shape index (κ3) is 5.00. The first kappa shape index (κ1) is 17.3. The highest BCUT2D eigenvalue weighted by molar-refractivity contribution is 5.17. The van der Waals surface area contributed by atoms with Gasteiger partial charge in [-0.2, -0.15) is 0 Å². The second-order valence-corrected chi connectivity index (χ2v) is 5.89. The topological polar surface area (TPSA) is 9.72 Å². The van der Waals surface area contributed by atoms with Crippen LogP contribution in [0.4, 0.5) is 8.78 Å². The molecule has 0 aromatic heterocycles. The molecular formula is C17H27F2N3. The van der Waals surface area contributed by atoms with Gasteiger partial charge in [0.1, 0.15) is 0 Å². The minimum atomic E-state index is -0.773. The first-order valence-corrected chi connectivity index (χ1v) is 8.23. The number of likely N-dealkylation sites (N-methyl/N-ethyl adjacent to an activating group) is 1. The summed E-state index contributed by atoms with van der Waals surface area (Å²) in [6.07, 6.45) is 0. The second kappa shape index (κ2) is 8.56. The summed E-state index contributed by atoms with van der Waals surface area (Å²) in [6, 6.07) is 4.19. The van der Waals surface area contributed by atoms with E-state index < -0.39 is 11.6 Å². The van der Waals surface area contributed by atoms with Crippen molar-refractivity contribution in [3.63, 3.8) is 0 Å². The van der Waals surface area contributed by atoms with E-state index in [0.717, 1.165) is 57.9 Å². The van der Waals surface area contributed by atoms with E-state index >= 15 is 0 Å². The third-order valence-electron chi connectivity index (χ3n) is 4.48. The van der Waals surface area contributed by atoms with E-state index in [1.807, 2.05) is 0 Å². The molecule has 1 fully saturated rings. The smallest absolute Gasteiger partial charge is 0.159 e. The summed E-state index contributed by atoms with van der Waals surface area (Å²) in [7, 11) is 0. The molecule has 0 aliphatic carbocycles. The molecule has 2 rings (SSSR count). The van der Waals surface area contributed by atoms with Gasteiger partial charge in [-0.25, -0.2) is 8.78 Å². The Morgan fingerprint density at radius 3 is 2.18 bits per heavy atom. The Balaban J connectivity index is 1.73. The van der Waals surface area contributed by atoms with Crippen molar-refractivity contribution in [1.82, 2.24) is 14.7 Å². The maximum atomic E-state index is 13.2. The van der Waals surface area contributed by atoms with Gasteiger partial charge in [0.15, 0.2) is 11.6 Å². The summed E-state index contributed by atoms with van der Waals surface area (Å²) in [5.41, 5.74) is 0.843. The van der Waals surface area contributed by atoms with Gasteiger partial charge in [0.2, 0.25) is 0 Å². The lowest BCUT2D eigenvalue weighted by atomic mass is 10.2. The van der Waals surface area contributed by atoms with Gasteiger partial charge in [0.25, 0.3) is 0 Å². The Bertz CT molecular complexity index is 455. The van der Waals surface area contributed by atoms with E-state index in [1.54, 1.807) is 6.07 Å². The lowest BCUT2D eigenvalue weighted by Crippen LogP contribution is -2.48. The van der Waals surface area contributed by atoms with Crippen molar-refractivity contribution in [2.45, 2.75) is 20.4 Å². The summed E-state index contributed by atoms with van der Waals surface area (Å²) < 4.78 is 26.2. The van der Waals surface area contributed by atoms with Crippen LogP contribution < -0.4 is 0 Å². The molecule has 1 aromatic carbocycles. The molecule has 1 aromatic rings. The van der Waals surface area contributed by atoms with Crippen LogP contribution in [0.15, 0.2) is 18.2 Å². The van der Waals surface area contributed by atoms with Gasteiger partial charge in [-0.05, 0) is 30.8 Å². The average Bonchev–Trinajstić information content (AvgIpc) is 2.53. The van der Waals surface area contributed by atoms with E-state index in [0.29, 0.717) is 6.54 Å². The van der Waals surface area contributed by atoms with E-state index in [9.17, 15) is 8.78 Å². The van der Waals surface area contributed by atoms with Crippen molar-refractivity contribution in [2.24, 2.45) is 0 Å². The highest BCUT2D eigenvalue weighted by atomic mass is 19.2. The van der Waals surface area contributed by atoms with Crippen molar-refractivity contribution in [1.29, 1.82) is 0 Å². The highest BCUT2D eigenvalue weighted by Crippen LogP contribution is 2.12. The second-order valence-electron chi connectivity index (χ2n) is 5.89. The van der Waals surface area contributed by atoms with Gasteiger partial charge in [0, 0.05) is 45.8 Å². The van der Waals surface area contributed by atoms with Gasteiger partial charge < -0.3 is 4.90 Å². The Hall–Kier alpha value is -1.04. The van der Waals surface area contributed by atoms with Crippen molar-refractivity contribution in [3.8, 4) is 0 Å². The molecule has 0 amide bonds. The normalized spacial score (nSPS) is 17.3. The zero-order valence-corrected chi connectivity index (χ0v) is 13.7. The van der Waals surface area contributed by atoms with Gasteiger partial charge in [-0.3, -0.25) is 9.80 Å². The highest BCUT2D eigenvalue weighted by Gasteiger charge is 2.17. The van der Waals surface area contributed by atoms with Crippen LogP contribution in [0, 0.1) is 11.6 Å². The molecule has 5 heteroatoms. The molecule has 0 saturated carbocycles. The molecule has 0 bridgehead atoms. The minimum absolute atomic E-state index is 0.696. The first-order valence-electron chi connectivity index (χ1n) is 8.23. The van der Waals surface area contributed by atoms with Crippen molar-refractivity contribution in [2.75, 3.05) is 52.4 Å². The summed E-state index contributed by atoms with van der Waals surface area (Å²) in [5, 5.41) is 0. The molecule has 0 atom stereocenters. The molecule has 0 N–H and O–H groups in total. The number of piperazine rings is 1. The number of hydrogen-bond donors (Lipinski definition) is 0. The van der Waals surface area contributed by atoms with E-state index in [1.165, 1.54) is 12.1 Å². The minimum Gasteiger partial charge on any atom is -0.303 e. The maximum absolute atomic E-state index is 13.2. The fraction of sp³-hybridized carbons (Fsp3) is 0.647. The van der Waals surface area contributed by atoms with Crippen LogP contribution >= 0.6 is 0 Å². The van der Waals surface area contributed by atoms with Crippen LogP contribution in [0.25, 0.3) is 0 Å².